The van der Waals surface area contributed by atoms with Crippen LogP contribution in [-0.4, -0.2) is 43.5 Å². The summed E-state index contributed by atoms with van der Waals surface area (Å²) in [4.78, 5) is 28.3. The van der Waals surface area contributed by atoms with Crippen LogP contribution in [0.5, 0.6) is 0 Å². The average Bonchev–Trinajstić information content (AvgIpc) is 2.90. The van der Waals surface area contributed by atoms with E-state index in [0.29, 0.717) is 28.9 Å². The number of fused-ring (bicyclic) bond motifs is 1. The first kappa shape index (κ1) is 18.4. The zero-order chi connectivity index (χ0) is 18.0. The van der Waals surface area contributed by atoms with Gasteiger partial charge in [-0.1, -0.05) is 13.8 Å². The number of carbonyl (C=O) groups is 2. The average molecular weight is 365 g/mol. The summed E-state index contributed by atoms with van der Waals surface area (Å²) in [5.41, 5.74) is 1.66. The maximum atomic E-state index is 12.6. The zero-order valence-electron chi connectivity index (χ0n) is 15.4. The number of thiophene rings is 1. The molecule has 2 heterocycles. The van der Waals surface area contributed by atoms with Crippen molar-refractivity contribution in [3.05, 3.63) is 16.0 Å². The molecule has 0 unspecified atom stereocenters. The molecule has 0 bridgehead atoms. The molecular formula is C19H28N2O3S. The lowest BCUT2D eigenvalue weighted by Gasteiger charge is -2.34. The number of piperidine rings is 1. The molecule has 2 aliphatic rings. The fraction of sp³-hybridized carbons (Fsp3) is 0.684. The Hall–Kier alpha value is -1.40. The second kappa shape index (κ2) is 7.87. The van der Waals surface area contributed by atoms with Gasteiger partial charge in [0, 0.05) is 18.0 Å². The number of esters is 1. The fourth-order valence-corrected chi connectivity index (χ4v) is 5.56. The van der Waals surface area contributed by atoms with Crippen LogP contribution in [0.25, 0.3) is 0 Å². The number of anilines is 1. The minimum Gasteiger partial charge on any atom is -0.465 e. The molecule has 1 aromatic heterocycles. The fourth-order valence-electron chi connectivity index (χ4n) is 4.26. The van der Waals surface area contributed by atoms with Crippen molar-refractivity contribution >= 4 is 28.2 Å². The molecule has 1 saturated heterocycles. The maximum absolute atomic E-state index is 12.6. The molecule has 1 amide bonds. The van der Waals surface area contributed by atoms with Crippen LogP contribution in [0, 0.1) is 11.8 Å². The van der Waals surface area contributed by atoms with Gasteiger partial charge in [0.1, 0.15) is 5.00 Å². The second-order valence-corrected chi connectivity index (χ2v) is 8.70. The quantitative estimate of drug-likeness (QED) is 0.833. The van der Waals surface area contributed by atoms with Crippen molar-refractivity contribution in [1.29, 1.82) is 0 Å². The minimum absolute atomic E-state index is 0.0370. The summed E-state index contributed by atoms with van der Waals surface area (Å²) in [5, 5.41) is 3.67. The van der Waals surface area contributed by atoms with Crippen LogP contribution < -0.4 is 5.32 Å². The Morgan fingerprint density at radius 1 is 1.20 bits per heavy atom. The first-order chi connectivity index (χ1) is 12.0. The van der Waals surface area contributed by atoms with E-state index in [-0.39, 0.29) is 11.9 Å². The molecule has 1 aliphatic heterocycles. The van der Waals surface area contributed by atoms with Gasteiger partial charge in [-0.05, 0) is 49.5 Å². The van der Waals surface area contributed by atoms with Gasteiger partial charge in [-0.2, -0.15) is 0 Å². The lowest BCUT2D eigenvalue weighted by molar-refractivity contribution is -0.117. The monoisotopic (exact) mass is 364 g/mol. The number of hydrogen-bond donors (Lipinski definition) is 1. The topological polar surface area (TPSA) is 58.6 Å². The van der Waals surface area contributed by atoms with Crippen LogP contribution in [0.3, 0.4) is 0 Å². The zero-order valence-corrected chi connectivity index (χ0v) is 16.2. The Morgan fingerprint density at radius 3 is 2.56 bits per heavy atom. The van der Waals surface area contributed by atoms with Crippen molar-refractivity contribution in [1.82, 2.24) is 4.90 Å². The van der Waals surface area contributed by atoms with Gasteiger partial charge >= 0.3 is 5.97 Å². The molecule has 5 nitrogen and oxygen atoms in total. The minimum atomic E-state index is -0.338. The molecule has 0 spiro atoms. The third-order valence-electron chi connectivity index (χ3n) is 5.13. The van der Waals surface area contributed by atoms with E-state index >= 15 is 0 Å². The van der Waals surface area contributed by atoms with Crippen LogP contribution in [0.2, 0.25) is 0 Å². The maximum Gasteiger partial charge on any atom is 0.341 e. The van der Waals surface area contributed by atoms with Crippen molar-refractivity contribution in [3.63, 3.8) is 0 Å². The molecule has 2 atom stereocenters. The van der Waals surface area contributed by atoms with E-state index in [1.807, 2.05) is 0 Å². The second-order valence-electron chi connectivity index (χ2n) is 7.59. The van der Waals surface area contributed by atoms with E-state index in [1.165, 1.54) is 18.4 Å². The summed E-state index contributed by atoms with van der Waals surface area (Å²) in [5.74, 6) is 0.868. The SMILES string of the molecule is COC(=O)c1c(NC(=O)CN2C[C@H](C)C[C@H](C)C2)sc2c1CCCC2. The number of nitrogens with one attached hydrogen (secondary N) is 1. The molecule has 0 saturated carbocycles. The number of rotatable bonds is 4. The Labute approximate surface area is 153 Å². The van der Waals surface area contributed by atoms with Crippen molar-refractivity contribution in [3.8, 4) is 0 Å². The number of likely N-dealkylation sites (tertiary alicyclic amines) is 1. The molecule has 3 rings (SSSR count). The van der Waals surface area contributed by atoms with Crippen LogP contribution in [-0.2, 0) is 22.4 Å². The highest BCUT2D eigenvalue weighted by atomic mass is 32.1. The van der Waals surface area contributed by atoms with Gasteiger partial charge in [0.25, 0.3) is 0 Å². The number of ether oxygens (including phenoxy) is 1. The standard InChI is InChI=1S/C19H28N2O3S/c1-12-8-13(2)10-21(9-12)11-16(22)20-18-17(19(23)24-3)14-6-4-5-7-15(14)25-18/h12-13H,4-11H2,1-3H3,(H,20,22)/t12-,13+. The highest BCUT2D eigenvalue weighted by molar-refractivity contribution is 7.17. The molecule has 25 heavy (non-hydrogen) atoms. The highest BCUT2D eigenvalue weighted by Crippen LogP contribution is 2.38. The van der Waals surface area contributed by atoms with Gasteiger partial charge in [-0.3, -0.25) is 9.69 Å². The van der Waals surface area contributed by atoms with E-state index < -0.39 is 0 Å². The summed E-state index contributed by atoms with van der Waals surface area (Å²) >= 11 is 1.55. The molecule has 1 fully saturated rings. The summed E-state index contributed by atoms with van der Waals surface area (Å²) in [6.45, 7) is 6.79. The predicted octanol–water partition coefficient (Wildman–Crippen LogP) is 3.33. The largest absolute Gasteiger partial charge is 0.465 e. The highest BCUT2D eigenvalue weighted by Gasteiger charge is 2.28. The van der Waals surface area contributed by atoms with Gasteiger partial charge in [0.15, 0.2) is 0 Å². The molecule has 1 N–H and O–H groups in total. The van der Waals surface area contributed by atoms with Gasteiger partial charge in [0.05, 0.1) is 19.2 Å². The van der Waals surface area contributed by atoms with Gasteiger partial charge in [-0.25, -0.2) is 4.79 Å². The van der Waals surface area contributed by atoms with E-state index in [9.17, 15) is 9.59 Å². The number of aryl methyl sites for hydroxylation is 1. The summed E-state index contributed by atoms with van der Waals surface area (Å²) in [6, 6.07) is 0. The van der Waals surface area contributed by atoms with Gasteiger partial charge in [-0.15, -0.1) is 11.3 Å². The van der Waals surface area contributed by atoms with E-state index in [1.54, 1.807) is 11.3 Å². The number of methoxy groups -OCH3 is 1. The van der Waals surface area contributed by atoms with Gasteiger partial charge < -0.3 is 10.1 Å². The Balaban J connectivity index is 1.72. The molecule has 1 aliphatic carbocycles. The predicted molar refractivity (Wildman–Crippen MR) is 100 cm³/mol. The normalized spacial score (nSPS) is 23.8. The first-order valence-corrected chi connectivity index (χ1v) is 10.0. The smallest absolute Gasteiger partial charge is 0.341 e. The van der Waals surface area contributed by atoms with E-state index in [0.717, 1.165) is 44.3 Å². The van der Waals surface area contributed by atoms with Crippen LogP contribution in [0.15, 0.2) is 0 Å². The number of carbonyl (C=O) groups excluding carboxylic acids is 2. The molecule has 0 radical (unpaired) electrons. The van der Waals surface area contributed by atoms with Gasteiger partial charge in [0.2, 0.25) is 5.91 Å². The van der Waals surface area contributed by atoms with Crippen molar-refractivity contribution in [2.75, 3.05) is 32.1 Å². The summed E-state index contributed by atoms with van der Waals surface area (Å²) in [6.07, 6.45) is 5.34. The van der Waals surface area contributed by atoms with Crippen molar-refractivity contribution < 1.29 is 14.3 Å². The Morgan fingerprint density at radius 2 is 1.88 bits per heavy atom. The number of amides is 1. The Kier molecular flexibility index (Phi) is 5.79. The first-order valence-electron chi connectivity index (χ1n) is 9.23. The lowest BCUT2D eigenvalue weighted by atomic mass is 9.92. The molecule has 1 aromatic rings. The number of hydrogen-bond acceptors (Lipinski definition) is 5. The molecule has 6 heteroatoms. The van der Waals surface area contributed by atoms with Crippen LogP contribution >= 0.6 is 11.3 Å². The number of nitrogens with zero attached hydrogens (tertiary/aromatic N) is 1. The summed E-state index contributed by atoms with van der Waals surface area (Å²) < 4.78 is 4.97. The van der Waals surface area contributed by atoms with Crippen molar-refractivity contribution in [2.24, 2.45) is 11.8 Å². The van der Waals surface area contributed by atoms with Crippen LogP contribution in [0.4, 0.5) is 5.00 Å². The molecular weight excluding hydrogens is 336 g/mol. The van der Waals surface area contributed by atoms with E-state index in [2.05, 4.69) is 24.1 Å². The molecule has 0 aromatic carbocycles. The lowest BCUT2D eigenvalue weighted by Crippen LogP contribution is -2.42. The Bertz CT molecular complexity index is 645. The van der Waals surface area contributed by atoms with Crippen molar-refractivity contribution in [2.45, 2.75) is 46.0 Å². The molecule has 138 valence electrons. The third kappa shape index (κ3) is 4.23. The third-order valence-corrected chi connectivity index (χ3v) is 6.33. The summed E-state index contributed by atoms with van der Waals surface area (Å²) in [7, 11) is 1.40. The van der Waals surface area contributed by atoms with E-state index in [4.69, 9.17) is 4.74 Å². The van der Waals surface area contributed by atoms with Crippen LogP contribution in [0.1, 0.15) is 53.9 Å².